The Morgan fingerprint density at radius 1 is 0.917 bits per heavy atom. The van der Waals surface area contributed by atoms with E-state index in [0.29, 0.717) is 0 Å². The summed E-state index contributed by atoms with van der Waals surface area (Å²) in [6.07, 6.45) is 0. The fourth-order valence-corrected chi connectivity index (χ4v) is 3.12. The van der Waals surface area contributed by atoms with E-state index < -0.39 is 0 Å². The predicted molar refractivity (Wildman–Crippen MR) is 94.4 cm³/mol. The third kappa shape index (κ3) is 3.40. The molecule has 0 saturated carbocycles. The molecule has 0 fully saturated rings. The molecule has 0 aliphatic carbocycles. The minimum atomic E-state index is 0. The lowest BCUT2D eigenvalue weighted by Crippen LogP contribution is -3.11. The zero-order chi connectivity index (χ0) is 16.2. The van der Waals surface area contributed by atoms with Gasteiger partial charge in [-0.05, 0) is 38.1 Å². The van der Waals surface area contributed by atoms with Crippen LogP contribution in [-0.2, 0) is 6.54 Å². The van der Waals surface area contributed by atoms with Gasteiger partial charge in [0.05, 0.1) is 42.8 Å². The Bertz CT molecular complexity index is 835. The van der Waals surface area contributed by atoms with Crippen molar-refractivity contribution in [2.75, 3.05) is 19.6 Å². The van der Waals surface area contributed by atoms with Crippen LogP contribution in [0.2, 0.25) is 0 Å². The highest BCUT2D eigenvalue weighted by Crippen LogP contribution is 2.16. The average molecular weight is 346 g/mol. The molecule has 0 bridgehead atoms. The molecule has 0 aliphatic heterocycles. The topological polar surface area (TPSA) is 31.4 Å². The van der Waals surface area contributed by atoms with Gasteiger partial charge < -0.3 is 17.3 Å². The predicted octanol–water partition coefficient (Wildman–Crippen LogP) is -1.28. The lowest BCUT2D eigenvalue weighted by molar-refractivity contribution is -0.897. The van der Waals surface area contributed by atoms with E-state index >= 15 is 0 Å². The zero-order valence-electron chi connectivity index (χ0n) is 14.2. The number of quaternary nitrogens is 1. The molecule has 24 heavy (non-hydrogen) atoms. The molecule has 0 aliphatic rings. The molecule has 0 saturated heterocycles. The summed E-state index contributed by atoms with van der Waals surface area (Å²) < 4.78 is 3.94. The number of likely N-dealkylation sites (N-methyl/N-ethyl adjacent to an activating group) is 1. The van der Waals surface area contributed by atoms with Crippen LogP contribution >= 0.6 is 0 Å². The number of rotatable bonds is 6. The number of benzene rings is 2. The molecule has 3 rings (SSSR count). The van der Waals surface area contributed by atoms with E-state index in [-0.39, 0.29) is 18.0 Å². The van der Waals surface area contributed by atoms with Gasteiger partial charge in [0.25, 0.3) is 5.56 Å². The van der Waals surface area contributed by atoms with E-state index in [4.69, 9.17) is 0 Å². The number of halogens is 1. The van der Waals surface area contributed by atoms with E-state index in [1.807, 2.05) is 59.3 Å². The standard InChI is InChI=1S/C19H23N3O.ClH/c1-3-20(4-2)14-15-21-19(23)17-12-8-9-13-18(17)22(21)16-10-6-5-7-11-16;/h5-13H,3-4,14-15H2,1-2H3;1H. The number of fused-ring (bicyclic) bond motifs is 1. The quantitative estimate of drug-likeness (QED) is 0.593. The summed E-state index contributed by atoms with van der Waals surface area (Å²) in [6.45, 7) is 8.21. The third-order valence-corrected chi connectivity index (χ3v) is 4.52. The van der Waals surface area contributed by atoms with Gasteiger partial charge >= 0.3 is 0 Å². The van der Waals surface area contributed by atoms with Crippen LogP contribution in [0.5, 0.6) is 0 Å². The van der Waals surface area contributed by atoms with Crippen LogP contribution in [0.1, 0.15) is 13.8 Å². The molecule has 0 unspecified atom stereocenters. The number of aromatic nitrogens is 2. The number of hydrogen-bond acceptors (Lipinski definition) is 1. The Morgan fingerprint density at radius 3 is 2.21 bits per heavy atom. The molecule has 0 spiro atoms. The van der Waals surface area contributed by atoms with Gasteiger partial charge in [-0.1, -0.05) is 30.3 Å². The second-order valence-corrected chi connectivity index (χ2v) is 5.80. The summed E-state index contributed by atoms with van der Waals surface area (Å²) >= 11 is 0. The minimum Gasteiger partial charge on any atom is -1.00 e. The lowest BCUT2D eigenvalue weighted by atomic mass is 10.2. The first-order valence-electron chi connectivity index (χ1n) is 8.35. The van der Waals surface area contributed by atoms with Crippen molar-refractivity contribution in [3.63, 3.8) is 0 Å². The average Bonchev–Trinajstić information content (AvgIpc) is 2.89. The van der Waals surface area contributed by atoms with Crippen LogP contribution in [0.25, 0.3) is 16.6 Å². The molecule has 4 nitrogen and oxygen atoms in total. The van der Waals surface area contributed by atoms with Crippen LogP contribution in [-0.4, -0.2) is 29.0 Å². The van der Waals surface area contributed by atoms with Gasteiger partial charge in [0, 0.05) is 0 Å². The van der Waals surface area contributed by atoms with Crippen molar-refractivity contribution in [2.45, 2.75) is 20.4 Å². The van der Waals surface area contributed by atoms with Gasteiger partial charge in [0.15, 0.2) is 0 Å². The van der Waals surface area contributed by atoms with E-state index in [1.165, 1.54) is 4.90 Å². The van der Waals surface area contributed by atoms with Gasteiger partial charge in [0.1, 0.15) is 0 Å². The van der Waals surface area contributed by atoms with Gasteiger partial charge in [0.2, 0.25) is 0 Å². The van der Waals surface area contributed by atoms with Crippen molar-refractivity contribution in [1.29, 1.82) is 0 Å². The molecular formula is C19H24ClN3O. The van der Waals surface area contributed by atoms with Crippen molar-refractivity contribution in [2.24, 2.45) is 0 Å². The maximum absolute atomic E-state index is 12.8. The Balaban J connectivity index is 0.00000208. The number of nitrogens with one attached hydrogen (secondary N) is 1. The Morgan fingerprint density at radius 2 is 1.54 bits per heavy atom. The van der Waals surface area contributed by atoms with Gasteiger partial charge in [-0.2, -0.15) is 0 Å². The Hall–Kier alpha value is -2.04. The molecule has 0 atom stereocenters. The maximum atomic E-state index is 12.8. The van der Waals surface area contributed by atoms with E-state index in [1.54, 1.807) is 0 Å². The molecule has 3 aromatic rings. The third-order valence-electron chi connectivity index (χ3n) is 4.52. The van der Waals surface area contributed by atoms with Crippen molar-refractivity contribution < 1.29 is 17.3 Å². The normalized spacial score (nSPS) is 11.0. The fourth-order valence-electron chi connectivity index (χ4n) is 3.12. The molecule has 2 aromatic carbocycles. The summed E-state index contributed by atoms with van der Waals surface area (Å²) in [7, 11) is 0. The van der Waals surface area contributed by atoms with Crippen molar-refractivity contribution >= 4 is 10.9 Å². The summed E-state index contributed by atoms with van der Waals surface area (Å²) in [5, 5.41) is 0.783. The van der Waals surface area contributed by atoms with Gasteiger partial charge in [-0.25, -0.2) is 9.36 Å². The Kier molecular flexibility index (Phi) is 6.23. The highest BCUT2D eigenvalue weighted by Gasteiger charge is 2.15. The van der Waals surface area contributed by atoms with Crippen molar-refractivity contribution in [3.05, 3.63) is 65.0 Å². The van der Waals surface area contributed by atoms with E-state index in [9.17, 15) is 4.79 Å². The van der Waals surface area contributed by atoms with Crippen molar-refractivity contribution in [3.8, 4) is 5.69 Å². The van der Waals surface area contributed by atoms with Crippen LogP contribution in [0.3, 0.4) is 0 Å². The van der Waals surface area contributed by atoms with Crippen LogP contribution in [0, 0.1) is 0 Å². The second-order valence-electron chi connectivity index (χ2n) is 5.80. The molecule has 0 radical (unpaired) electrons. The zero-order valence-corrected chi connectivity index (χ0v) is 15.0. The van der Waals surface area contributed by atoms with Crippen molar-refractivity contribution in [1.82, 2.24) is 9.36 Å². The summed E-state index contributed by atoms with van der Waals surface area (Å²) in [4.78, 5) is 14.3. The largest absolute Gasteiger partial charge is 1.00 e. The number of nitrogens with zero attached hydrogens (tertiary/aromatic N) is 2. The highest BCUT2D eigenvalue weighted by molar-refractivity contribution is 5.80. The number of hydrogen-bond donors (Lipinski definition) is 1. The Labute approximate surface area is 148 Å². The molecule has 128 valence electrons. The summed E-state index contributed by atoms with van der Waals surface area (Å²) in [6, 6.07) is 18.0. The fraction of sp³-hybridized carbons (Fsp3) is 0.316. The SMILES string of the molecule is CC[NH+](CC)CCn1c(=O)c2ccccc2n1-c1ccccc1.[Cl-]. The summed E-state index contributed by atoms with van der Waals surface area (Å²) in [5.41, 5.74) is 2.09. The smallest absolute Gasteiger partial charge is 0.275 e. The van der Waals surface area contributed by atoms with Gasteiger partial charge in [-0.15, -0.1) is 0 Å². The van der Waals surface area contributed by atoms with E-state index in [2.05, 4.69) is 18.5 Å². The molecular weight excluding hydrogens is 322 g/mol. The van der Waals surface area contributed by atoms with Gasteiger partial charge in [-0.3, -0.25) is 4.79 Å². The molecule has 1 heterocycles. The molecule has 5 heteroatoms. The maximum Gasteiger partial charge on any atom is 0.275 e. The first kappa shape index (κ1) is 18.3. The number of para-hydroxylation sites is 2. The molecule has 1 aromatic heterocycles. The monoisotopic (exact) mass is 345 g/mol. The second kappa shape index (κ2) is 8.18. The van der Waals surface area contributed by atoms with Crippen LogP contribution < -0.4 is 22.9 Å². The first-order valence-corrected chi connectivity index (χ1v) is 8.35. The summed E-state index contributed by atoms with van der Waals surface area (Å²) in [5.74, 6) is 0. The van der Waals surface area contributed by atoms with E-state index in [0.717, 1.165) is 42.8 Å². The first-order chi connectivity index (χ1) is 11.3. The van der Waals surface area contributed by atoms with Crippen LogP contribution in [0.4, 0.5) is 0 Å². The highest BCUT2D eigenvalue weighted by atomic mass is 35.5. The minimum absolute atomic E-state index is 0. The molecule has 0 amide bonds. The van der Waals surface area contributed by atoms with Crippen LogP contribution in [0.15, 0.2) is 59.4 Å². The molecule has 1 N–H and O–H groups in total. The lowest BCUT2D eigenvalue weighted by Gasteiger charge is -2.17.